The van der Waals surface area contributed by atoms with Crippen molar-refractivity contribution >= 4 is 22.4 Å². The third-order valence-electron chi connectivity index (χ3n) is 3.91. The minimum Gasteiger partial charge on any atom is -0.495 e. The SMILES string of the molecule is COc1c(C2=CCN(C)CC2)cc(C(N)=O)c2[nH]ncc12. The van der Waals surface area contributed by atoms with Crippen molar-refractivity contribution in [2.45, 2.75) is 6.42 Å². The number of nitrogens with one attached hydrogen (secondary N) is 1. The summed E-state index contributed by atoms with van der Waals surface area (Å²) < 4.78 is 5.57. The molecule has 0 spiro atoms. The number of methoxy groups -OCH3 is 1. The summed E-state index contributed by atoms with van der Waals surface area (Å²) in [7, 11) is 3.71. The standard InChI is InChI=1S/C15H18N4O2/c1-19-5-3-9(4-6-19)10-7-11(15(16)20)13-12(8-17-18-13)14(10)21-2/h3,7-8H,4-6H2,1-2H3,(H2,16,20)(H,17,18). The van der Waals surface area contributed by atoms with Crippen LogP contribution in [0.4, 0.5) is 0 Å². The van der Waals surface area contributed by atoms with Crippen molar-refractivity contribution in [3.63, 3.8) is 0 Å². The fourth-order valence-corrected chi connectivity index (χ4v) is 2.76. The molecule has 3 rings (SSSR count). The lowest BCUT2D eigenvalue weighted by Gasteiger charge is -2.23. The van der Waals surface area contributed by atoms with Crippen LogP contribution in [0, 0.1) is 0 Å². The smallest absolute Gasteiger partial charge is 0.250 e. The topological polar surface area (TPSA) is 84.2 Å². The Morgan fingerprint density at radius 1 is 1.52 bits per heavy atom. The highest BCUT2D eigenvalue weighted by atomic mass is 16.5. The van der Waals surface area contributed by atoms with Crippen LogP contribution in [0.1, 0.15) is 22.3 Å². The Bertz CT molecular complexity index is 733. The monoisotopic (exact) mass is 286 g/mol. The van der Waals surface area contributed by atoms with Gasteiger partial charge in [0, 0.05) is 18.7 Å². The zero-order valence-electron chi connectivity index (χ0n) is 12.1. The van der Waals surface area contributed by atoms with Crippen LogP contribution in [0.2, 0.25) is 0 Å². The number of primary amides is 1. The molecule has 2 aromatic rings. The van der Waals surface area contributed by atoms with Crippen molar-refractivity contribution < 1.29 is 9.53 Å². The number of likely N-dealkylation sites (N-methyl/N-ethyl adjacent to an activating group) is 1. The molecule has 2 heterocycles. The van der Waals surface area contributed by atoms with E-state index in [1.54, 1.807) is 19.4 Å². The highest BCUT2D eigenvalue weighted by Gasteiger charge is 2.21. The molecule has 21 heavy (non-hydrogen) atoms. The number of carbonyl (C=O) groups is 1. The molecular weight excluding hydrogens is 268 g/mol. The van der Waals surface area contributed by atoms with Gasteiger partial charge in [-0.3, -0.25) is 9.89 Å². The number of H-pyrrole nitrogens is 1. The molecule has 1 aliphatic rings. The molecule has 0 saturated carbocycles. The Balaban J connectivity index is 2.23. The minimum atomic E-state index is -0.471. The van der Waals surface area contributed by atoms with E-state index >= 15 is 0 Å². The molecule has 110 valence electrons. The summed E-state index contributed by atoms with van der Waals surface area (Å²) in [5.74, 6) is 0.265. The average Bonchev–Trinajstić information content (AvgIpc) is 2.95. The first-order valence-corrected chi connectivity index (χ1v) is 6.83. The zero-order chi connectivity index (χ0) is 15.0. The number of hydrogen-bond donors (Lipinski definition) is 2. The van der Waals surface area contributed by atoms with Gasteiger partial charge in [0.2, 0.25) is 0 Å². The van der Waals surface area contributed by atoms with Gasteiger partial charge in [0.05, 0.1) is 29.8 Å². The first-order chi connectivity index (χ1) is 10.1. The van der Waals surface area contributed by atoms with E-state index in [-0.39, 0.29) is 0 Å². The van der Waals surface area contributed by atoms with Crippen molar-refractivity contribution in [2.75, 3.05) is 27.2 Å². The molecule has 0 fully saturated rings. The van der Waals surface area contributed by atoms with Crippen LogP contribution < -0.4 is 10.5 Å². The summed E-state index contributed by atoms with van der Waals surface area (Å²) in [5, 5.41) is 7.61. The lowest BCUT2D eigenvalue weighted by atomic mass is 9.94. The Hall–Kier alpha value is -2.34. The van der Waals surface area contributed by atoms with Crippen LogP contribution in [0.15, 0.2) is 18.3 Å². The molecule has 1 aliphatic heterocycles. The molecule has 0 atom stereocenters. The highest BCUT2D eigenvalue weighted by Crippen LogP contribution is 2.37. The molecule has 0 aliphatic carbocycles. The molecule has 0 radical (unpaired) electrons. The van der Waals surface area contributed by atoms with Crippen molar-refractivity contribution in [1.29, 1.82) is 0 Å². The summed E-state index contributed by atoms with van der Waals surface area (Å²) in [6, 6.07) is 1.80. The Kier molecular flexibility index (Phi) is 3.39. The normalized spacial score (nSPS) is 16.0. The minimum absolute atomic E-state index is 0.443. The molecule has 3 N–H and O–H groups in total. The van der Waals surface area contributed by atoms with Gasteiger partial charge < -0.3 is 15.4 Å². The third-order valence-corrected chi connectivity index (χ3v) is 3.91. The second kappa shape index (κ2) is 5.21. The summed E-state index contributed by atoms with van der Waals surface area (Å²) in [6.07, 6.45) is 4.74. The number of aromatic amines is 1. The predicted molar refractivity (Wildman–Crippen MR) is 81.3 cm³/mol. The Labute approximate surface area is 122 Å². The number of fused-ring (bicyclic) bond motifs is 1. The first kappa shape index (κ1) is 13.6. The van der Waals surface area contributed by atoms with E-state index in [0.29, 0.717) is 11.1 Å². The zero-order valence-corrected chi connectivity index (χ0v) is 12.1. The van der Waals surface area contributed by atoms with Gasteiger partial charge in [-0.1, -0.05) is 6.08 Å². The van der Waals surface area contributed by atoms with Gasteiger partial charge in [-0.2, -0.15) is 5.10 Å². The van der Waals surface area contributed by atoms with E-state index in [4.69, 9.17) is 10.5 Å². The summed E-state index contributed by atoms with van der Waals surface area (Å²) >= 11 is 0. The van der Waals surface area contributed by atoms with Gasteiger partial charge in [-0.05, 0) is 25.1 Å². The first-order valence-electron chi connectivity index (χ1n) is 6.83. The molecule has 1 aromatic heterocycles. The summed E-state index contributed by atoms with van der Waals surface area (Å²) in [4.78, 5) is 13.9. The maximum atomic E-state index is 11.7. The lowest BCUT2D eigenvalue weighted by Crippen LogP contribution is -2.24. The molecule has 6 heteroatoms. The Morgan fingerprint density at radius 3 is 2.95 bits per heavy atom. The van der Waals surface area contributed by atoms with Crippen LogP contribution in [0.3, 0.4) is 0 Å². The number of carbonyl (C=O) groups excluding carboxylic acids is 1. The van der Waals surface area contributed by atoms with Gasteiger partial charge in [0.25, 0.3) is 5.91 Å². The van der Waals surface area contributed by atoms with E-state index in [1.165, 1.54) is 5.57 Å². The van der Waals surface area contributed by atoms with Crippen LogP contribution in [0.5, 0.6) is 5.75 Å². The quantitative estimate of drug-likeness (QED) is 0.893. The number of ether oxygens (including phenoxy) is 1. The number of nitrogens with two attached hydrogens (primary N) is 1. The van der Waals surface area contributed by atoms with Gasteiger partial charge in [-0.15, -0.1) is 0 Å². The number of aromatic nitrogens is 2. The van der Waals surface area contributed by atoms with E-state index < -0.39 is 5.91 Å². The third kappa shape index (κ3) is 2.27. The Morgan fingerprint density at radius 2 is 2.33 bits per heavy atom. The number of nitrogens with zero attached hydrogens (tertiary/aromatic N) is 2. The number of rotatable bonds is 3. The van der Waals surface area contributed by atoms with Crippen molar-refractivity contribution in [1.82, 2.24) is 15.1 Å². The van der Waals surface area contributed by atoms with E-state index in [0.717, 1.165) is 36.2 Å². The molecule has 1 amide bonds. The molecular formula is C15H18N4O2. The second-order valence-electron chi connectivity index (χ2n) is 5.27. The van der Waals surface area contributed by atoms with Gasteiger partial charge in [0.1, 0.15) is 5.75 Å². The molecule has 0 bridgehead atoms. The maximum absolute atomic E-state index is 11.7. The molecule has 1 aromatic carbocycles. The number of benzene rings is 1. The number of amides is 1. The van der Waals surface area contributed by atoms with Gasteiger partial charge in [0.15, 0.2) is 0 Å². The van der Waals surface area contributed by atoms with Crippen LogP contribution in [0.25, 0.3) is 16.5 Å². The highest BCUT2D eigenvalue weighted by molar-refractivity contribution is 6.08. The fourth-order valence-electron chi connectivity index (χ4n) is 2.76. The summed E-state index contributed by atoms with van der Waals surface area (Å²) in [5.41, 5.74) is 8.66. The number of hydrogen-bond acceptors (Lipinski definition) is 4. The second-order valence-corrected chi connectivity index (χ2v) is 5.27. The average molecular weight is 286 g/mol. The van der Waals surface area contributed by atoms with Crippen LogP contribution in [-0.2, 0) is 0 Å². The molecule has 6 nitrogen and oxygen atoms in total. The predicted octanol–water partition coefficient (Wildman–Crippen LogP) is 1.39. The van der Waals surface area contributed by atoms with E-state index in [2.05, 4.69) is 28.2 Å². The van der Waals surface area contributed by atoms with Crippen molar-refractivity contribution in [2.24, 2.45) is 5.73 Å². The van der Waals surface area contributed by atoms with Gasteiger partial charge in [-0.25, -0.2) is 0 Å². The van der Waals surface area contributed by atoms with E-state index in [1.807, 2.05) is 0 Å². The van der Waals surface area contributed by atoms with Crippen molar-refractivity contribution in [3.05, 3.63) is 29.5 Å². The largest absolute Gasteiger partial charge is 0.495 e. The van der Waals surface area contributed by atoms with Crippen LogP contribution in [-0.4, -0.2) is 48.3 Å². The van der Waals surface area contributed by atoms with Crippen molar-refractivity contribution in [3.8, 4) is 5.75 Å². The van der Waals surface area contributed by atoms with Crippen LogP contribution >= 0.6 is 0 Å². The van der Waals surface area contributed by atoms with E-state index in [9.17, 15) is 4.79 Å². The summed E-state index contributed by atoms with van der Waals surface area (Å²) in [6.45, 7) is 1.86. The molecule has 0 unspecified atom stereocenters. The lowest BCUT2D eigenvalue weighted by molar-refractivity contribution is 0.100. The van der Waals surface area contributed by atoms with Gasteiger partial charge >= 0.3 is 0 Å². The fraction of sp³-hybridized carbons (Fsp3) is 0.333. The molecule has 0 saturated heterocycles. The maximum Gasteiger partial charge on any atom is 0.250 e.